The van der Waals surface area contributed by atoms with Crippen LogP contribution in [0.4, 0.5) is 10.5 Å². The van der Waals surface area contributed by atoms with E-state index in [0.29, 0.717) is 47.6 Å². The first-order chi connectivity index (χ1) is 18.0. The van der Waals surface area contributed by atoms with Crippen molar-refractivity contribution in [1.29, 1.82) is 0 Å². The maximum atomic E-state index is 12.2. The van der Waals surface area contributed by atoms with Crippen molar-refractivity contribution in [3.05, 3.63) is 87.3 Å². The Balaban J connectivity index is 1.53. The van der Waals surface area contributed by atoms with E-state index in [0.717, 1.165) is 33.3 Å². The Hall–Kier alpha value is -4.50. The summed E-state index contributed by atoms with van der Waals surface area (Å²) in [5.41, 5.74) is 5.58. The van der Waals surface area contributed by atoms with Crippen molar-refractivity contribution >= 4 is 28.3 Å². The lowest BCUT2D eigenvalue weighted by atomic mass is 9.93. The molecule has 0 aliphatic carbocycles. The number of benzene rings is 3. The maximum absolute atomic E-state index is 12.2. The molecule has 4 N–H and O–H groups in total. The first kappa shape index (κ1) is 24.2. The number of carbonyl (C=O) groups is 1. The molecule has 1 aliphatic rings. The predicted octanol–water partition coefficient (Wildman–Crippen LogP) is 3.59. The summed E-state index contributed by atoms with van der Waals surface area (Å²) in [7, 11) is 1.59. The molecule has 3 aromatic carbocycles. The minimum Gasteiger partial charge on any atom is -0.496 e. The topological polar surface area (TPSA) is 129 Å². The largest absolute Gasteiger partial charge is 0.496 e. The molecule has 5 rings (SSSR count). The zero-order valence-electron chi connectivity index (χ0n) is 20.6. The van der Waals surface area contributed by atoms with Gasteiger partial charge in [-0.15, -0.1) is 0 Å². The van der Waals surface area contributed by atoms with Crippen LogP contribution in [0.3, 0.4) is 0 Å². The number of amidine groups is 1. The molecule has 9 heteroatoms. The third kappa shape index (κ3) is 4.81. The molecule has 9 nitrogen and oxygen atoms in total. The highest BCUT2D eigenvalue weighted by Crippen LogP contribution is 2.38. The average molecular weight is 498 g/mol. The summed E-state index contributed by atoms with van der Waals surface area (Å²) >= 11 is 0. The number of rotatable bonds is 6. The molecule has 1 aliphatic heterocycles. The van der Waals surface area contributed by atoms with Crippen LogP contribution in [0, 0.1) is 0 Å². The van der Waals surface area contributed by atoms with E-state index in [2.05, 4.69) is 25.8 Å². The number of aromatic nitrogens is 2. The van der Waals surface area contributed by atoms with Crippen LogP contribution in [0.25, 0.3) is 21.9 Å². The summed E-state index contributed by atoms with van der Waals surface area (Å²) in [6.45, 7) is 2.22. The second-order valence-electron chi connectivity index (χ2n) is 8.76. The van der Waals surface area contributed by atoms with Gasteiger partial charge in [0.1, 0.15) is 11.6 Å². The highest BCUT2D eigenvalue weighted by molar-refractivity contribution is 6.02. The Kier molecular flexibility index (Phi) is 6.70. The lowest BCUT2D eigenvalue weighted by Crippen LogP contribution is -2.39. The van der Waals surface area contributed by atoms with Gasteiger partial charge < -0.3 is 15.2 Å². The zero-order chi connectivity index (χ0) is 25.9. The molecule has 0 spiro atoms. The van der Waals surface area contributed by atoms with E-state index in [-0.39, 0.29) is 18.2 Å². The van der Waals surface area contributed by atoms with Gasteiger partial charge in [0.15, 0.2) is 0 Å². The molecule has 0 unspecified atom stereocenters. The van der Waals surface area contributed by atoms with E-state index < -0.39 is 0 Å². The number of fused-ring (bicyclic) bond motifs is 2. The Morgan fingerprint density at radius 2 is 1.92 bits per heavy atom. The fraction of sp³-hybridized carbons (Fsp3) is 0.214. The van der Waals surface area contributed by atoms with Gasteiger partial charge in [-0.1, -0.05) is 30.3 Å². The third-order valence-electron chi connectivity index (χ3n) is 6.43. The van der Waals surface area contributed by atoms with Crippen LogP contribution < -0.4 is 20.9 Å². The van der Waals surface area contributed by atoms with Crippen LogP contribution >= 0.6 is 0 Å². The number of carbonyl (C=O) groups excluding carboxylic acids is 1. The molecule has 0 atom stereocenters. The highest BCUT2D eigenvalue weighted by Gasteiger charge is 2.19. The second-order valence-corrected chi connectivity index (χ2v) is 8.76. The third-order valence-corrected chi connectivity index (χ3v) is 6.43. The van der Waals surface area contributed by atoms with E-state index in [4.69, 9.17) is 4.74 Å². The Labute approximate surface area is 213 Å². The van der Waals surface area contributed by atoms with Crippen LogP contribution in [0.2, 0.25) is 0 Å². The number of aliphatic hydroxyl groups excluding tert-OH is 1. The SMILES string of the molecule is CCNC(=O)NC1=Nc2cc(-c3cc(Cc4n[nH]c(=O)c5ccccc45)c(CO)cc3OC)ccc2C1. The van der Waals surface area contributed by atoms with E-state index >= 15 is 0 Å². The standard InChI is InChI=1S/C28H27N5O4/c1-3-29-28(36)31-26-14-17-9-8-16(11-23(17)30-26)22-10-18(19(15-34)13-25(22)37-2)12-24-20-6-4-5-7-21(20)27(35)33-32-24/h4-11,13,34H,3,12,14-15H2,1-2H3,(H,33,35)(H2,29,30,31,36). The van der Waals surface area contributed by atoms with Gasteiger partial charge in [0.2, 0.25) is 0 Å². The normalized spacial score (nSPS) is 12.2. The fourth-order valence-electron chi connectivity index (χ4n) is 4.62. The molecule has 0 fully saturated rings. The number of aliphatic imine (C=N–C) groups is 1. The van der Waals surface area contributed by atoms with Crippen molar-refractivity contribution in [2.45, 2.75) is 26.4 Å². The van der Waals surface area contributed by atoms with Gasteiger partial charge >= 0.3 is 6.03 Å². The summed E-state index contributed by atoms with van der Waals surface area (Å²) in [4.78, 5) is 28.7. The lowest BCUT2D eigenvalue weighted by molar-refractivity contribution is 0.245. The number of H-pyrrole nitrogens is 1. The maximum Gasteiger partial charge on any atom is 0.320 e. The fourth-order valence-corrected chi connectivity index (χ4v) is 4.62. The molecule has 0 saturated heterocycles. The summed E-state index contributed by atoms with van der Waals surface area (Å²) in [6, 6.07) is 16.8. The predicted molar refractivity (Wildman–Crippen MR) is 143 cm³/mol. The summed E-state index contributed by atoms with van der Waals surface area (Å²) in [6.07, 6.45) is 0.956. The minimum absolute atomic E-state index is 0.170. The smallest absolute Gasteiger partial charge is 0.320 e. The first-order valence-corrected chi connectivity index (χ1v) is 12.0. The summed E-state index contributed by atoms with van der Waals surface area (Å²) in [5.74, 6) is 1.21. The van der Waals surface area contributed by atoms with Gasteiger partial charge in [-0.25, -0.2) is 14.9 Å². The number of nitrogens with one attached hydrogen (secondary N) is 3. The van der Waals surface area contributed by atoms with Crippen LogP contribution in [-0.4, -0.2) is 40.8 Å². The zero-order valence-corrected chi connectivity index (χ0v) is 20.6. The number of hydrogen-bond acceptors (Lipinski definition) is 6. The van der Waals surface area contributed by atoms with Crippen LogP contribution in [0.5, 0.6) is 5.75 Å². The average Bonchev–Trinajstić information content (AvgIpc) is 3.31. The molecular formula is C28H27N5O4. The van der Waals surface area contributed by atoms with E-state index in [1.807, 2.05) is 55.5 Å². The second kappa shape index (κ2) is 10.2. The summed E-state index contributed by atoms with van der Waals surface area (Å²) in [5, 5.41) is 23.8. The number of aromatic amines is 1. The van der Waals surface area contributed by atoms with Crippen LogP contribution in [0.1, 0.15) is 29.3 Å². The molecule has 4 aromatic rings. The lowest BCUT2D eigenvalue weighted by Gasteiger charge is -2.16. The Morgan fingerprint density at radius 1 is 1.11 bits per heavy atom. The van der Waals surface area contributed by atoms with Gasteiger partial charge in [-0.2, -0.15) is 5.10 Å². The molecule has 0 bridgehead atoms. The van der Waals surface area contributed by atoms with Crippen LogP contribution in [0.15, 0.2) is 64.4 Å². The van der Waals surface area contributed by atoms with Crippen molar-refractivity contribution in [2.75, 3.05) is 13.7 Å². The van der Waals surface area contributed by atoms with Crippen molar-refractivity contribution < 1.29 is 14.6 Å². The number of aliphatic hydroxyl groups is 1. The van der Waals surface area contributed by atoms with E-state index in [9.17, 15) is 14.7 Å². The summed E-state index contributed by atoms with van der Waals surface area (Å²) < 4.78 is 5.68. The Bertz CT molecular complexity index is 1590. The monoisotopic (exact) mass is 497 g/mol. The molecular weight excluding hydrogens is 470 g/mol. The van der Waals surface area contributed by atoms with Gasteiger partial charge in [0, 0.05) is 30.3 Å². The quantitative estimate of drug-likeness (QED) is 0.324. The number of ether oxygens (including phenoxy) is 1. The number of methoxy groups -OCH3 is 1. The van der Waals surface area contributed by atoms with Gasteiger partial charge in [-0.3, -0.25) is 10.1 Å². The first-order valence-electron chi connectivity index (χ1n) is 12.0. The highest BCUT2D eigenvalue weighted by atomic mass is 16.5. The van der Waals surface area contributed by atoms with Gasteiger partial charge in [0.05, 0.1) is 30.5 Å². The van der Waals surface area contributed by atoms with Crippen molar-refractivity contribution in [3.63, 3.8) is 0 Å². The minimum atomic E-state index is -0.274. The van der Waals surface area contributed by atoms with E-state index in [1.165, 1.54) is 0 Å². The van der Waals surface area contributed by atoms with Crippen molar-refractivity contribution in [3.8, 4) is 16.9 Å². The van der Waals surface area contributed by atoms with Crippen molar-refractivity contribution in [1.82, 2.24) is 20.8 Å². The Morgan fingerprint density at radius 3 is 2.68 bits per heavy atom. The molecule has 37 heavy (non-hydrogen) atoms. The number of nitrogens with zero attached hydrogens (tertiary/aromatic N) is 2. The molecule has 0 saturated carbocycles. The van der Waals surface area contributed by atoms with Crippen LogP contribution in [-0.2, 0) is 19.4 Å². The molecule has 188 valence electrons. The van der Waals surface area contributed by atoms with Gasteiger partial charge in [0.25, 0.3) is 5.56 Å². The number of hydrogen-bond donors (Lipinski definition) is 4. The number of urea groups is 1. The number of amides is 2. The molecule has 2 amide bonds. The van der Waals surface area contributed by atoms with Crippen molar-refractivity contribution in [2.24, 2.45) is 4.99 Å². The molecule has 2 heterocycles. The van der Waals surface area contributed by atoms with E-state index in [1.54, 1.807) is 13.2 Å². The molecule has 1 aromatic heterocycles. The van der Waals surface area contributed by atoms with Gasteiger partial charge in [-0.05, 0) is 53.4 Å². The molecule has 0 radical (unpaired) electrons.